The molecule has 0 saturated carbocycles. The molecule has 31 heavy (non-hydrogen) atoms. The van der Waals surface area contributed by atoms with Crippen LogP contribution in [0.5, 0.6) is 0 Å². The Balaban J connectivity index is 1.42. The van der Waals surface area contributed by atoms with Gasteiger partial charge in [0.25, 0.3) is 0 Å². The van der Waals surface area contributed by atoms with Gasteiger partial charge in [0.1, 0.15) is 24.1 Å². The minimum absolute atomic E-state index is 0.0436. The van der Waals surface area contributed by atoms with E-state index in [9.17, 15) is 0 Å². The number of hydrogen-bond donors (Lipinski definition) is 1. The third kappa shape index (κ3) is 3.52. The smallest absolute Gasteiger partial charge is 0.162 e. The number of aromatic amines is 1. The van der Waals surface area contributed by atoms with Gasteiger partial charge in [-0.2, -0.15) is 5.10 Å². The largest absolute Gasteiger partial charge is 0.378 e. The third-order valence-electron chi connectivity index (χ3n) is 5.92. The summed E-state index contributed by atoms with van der Waals surface area (Å²) in [7, 11) is 0. The highest BCUT2D eigenvalue weighted by Gasteiger charge is 2.33. The van der Waals surface area contributed by atoms with Crippen molar-refractivity contribution in [1.82, 2.24) is 20.2 Å². The first kappa shape index (κ1) is 18.7. The minimum atomic E-state index is -0.310. The highest BCUT2D eigenvalue weighted by Crippen LogP contribution is 2.33. The Bertz CT molecular complexity index is 1140. The highest BCUT2D eigenvalue weighted by atomic mass is 16.6. The maximum absolute atomic E-state index is 6.31. The number of fused-ring (bicyclic) bond motifs is 2. The summed E-state index contributed by atoms with van der Waals surface area (Å²) in [4.78, 5) is 12.1. The van der Waals surface area contributed by atoms with E-state index in [0.29, 0.717) is 25.6 Å². The maximum atomic E-state index is 6.31. The lowest BCUT2D eigenvalue weighted by atomic mass is 10.1. The Morgan fingerprint density at radius 2 is 1.87 bits per heavy atom. The van der Waals surface area contributed by atoms with Crippen molar-refractivity contribution in [2.24, 2.45) is 0 Å². The van der Waals surface area contributed by atoms with Crippen molar-refractivity contribution >= 4 is 16.7 Å². The van der Waals surface area contributed by atoms with Crippen molar-refractivity contribution in [2.75, 3.05) is 37.8 Å². The van der Waals surface area contributed by atoms with Crippen molar-refractivity contribution in [3.63, 3.8) is 0 Å². The molecule has 2 aliphatic heterocycles. The Morgan fingerprint density at radius 1 is 1.00 bits per heavy atom. The average molecular weight is 417 g/mol. The molecule has 0 radical (unpaired) electrons. The van der Waals surface area contributed by atoms with Gasteiger partial charge in [0.15, 0.2) is 5.82 Å². The molecule has 158 valence electrons. The van der Waals surface area contributed by atoms with Crippen LogP contribution in [-0.2, 0) is 14.2 Å². The SMILES string of the molecule is C1=CC2OCC(c3nc(N4CCOCC4)c4cc(-c5cn[nH]c5)ccc4n3)OC2C=C1. The van der Waals surface area contributed by atoms with Crippen LogP contribution in [0.25, 0.3) is 22.0 Å². The maximum Gasteiger partial charge on any atom is 0.162 e. The van der Waals surface area contributed by atoms with Crippen molar-refractivity contribution in [1.29, 1.82) is 0 Å². The number of allylic oxidation sites excluding steroid dienone is 2. The average Bonchev–Trinajstić information content (AvgIpc) is 3.38. The monoisotopic (exact) mass is 417 g/mol. The summed E-state index contributed by atoms with van der Waals surface area (Å²) in [6, 6.07) is 6.25. The standard InChI is InChI=1S/C23H23N5O3/c1-2-4-20-19(3-1)30-14-21(31-20)22-26-18-6-5-15(16-12-24-25-13-16)11-17(18)23(27-22)28-7-9-29-10-8-28/h1-6,11-13,19-21H,7-10,14H2,(H,24,25). The number of nitrogens with zero attached hydrogens (tertiary/aromatic N) is 4. The highest BCUT2D eigenvalue weighted by molar-refractivity contribution is 5.93. The predicted octanol–water partition coefficient (Wildman–Crippen LogP) is 2.81. The van der Waals surface area contributed by atoms with E-state index in [-0.39, 0.29) is 18.3 Å². The van der Waals surface area contributed by atoms with Crippen LogP contribution < -0.4 is 4.90 Å². The van der Waals surface area contributed by atoms with Gasteiger partial charge >= 0.3 is 0 Å². The fraction of sp³-hybridized carbons (Fsp3) is 0.348. The van der Waals surface area contributed by atoms with Crippen LogP contribution in [0.2, 0.25) is 0 Å². The molecule has 6 rings (SSSR count). The Labute approximate surface area is 179 Å². The second-order valence-corrected chi connectivity index (χ2v) is 7.88. The summed E-state index contributed by atoms with van der Waals surface area (Å²) in [6.45, 7) is 3.39. The molecule has 3 unspecified atom stereocenters. The lowest BCUT2D eigenvalue weighted by molar-refractivity contribution is -0.152. The van der Waals surface area contributed by atoms with Gasteiger partial charge in [0.2, 0.25) is 0 Å². The van der Waals surface area contributed by atoms with Crippen LogP contribution in [0.15, 0.2) is 54.9 Å². The molecule has 1 aliphatic carbocycles. The zero-order chi connectivity index (χ0) is 20.6. The van der Waals surface area contributed by atoms with Crippen LogP contribution in [-0.4, -0.2) is 65.3 Å². The zero-order valence-corrected chi connectivity index (χ0v) is 17.0. The number of rotatable bonds is 3. The number of morpholine rings is 1. The summed E-state index contributed by atoms with van der Waals surface area (Å²) in [5.74, 6) is 1.57. The summed E-state index contributed by atoms with van der Waals surface area (Å²) < 4.78 is 17.9. The van der Waals surface area contributed by atoms with Gasteiger partial charge in [0.05, 0.1) is 31.5 Å². The topological polar surface area (TPSA) is 85.4 Å². The van der Waals surface area contributed by atoms with Crippen LogP contribution in [0, 0.1) is 0 Å². The summed E-state index contributed by atoms with van der Waals surface area (Å²) in [6.07, 6.45) is 11.3. The first-order chi connectivity index (χ1) is 15.3. The van der Waals surface area contributed by atoms with Crippen LogP contribution in [0.4, 0.5) is 5.82 Å². The van der Waals surface area contributed by atoms with E-state index < -0.39 is 0 Å². The third-order valence-corrected chi connectivity index (χ3v) is 5.92. The molecule has 3 atom stereocenters. The first-order valence-corrected chi connectivity index (χ1v) is 10.6. The normalized spacial score (nSPS) is 25.7. The molecule has 2 aromatic heterocycles. The summed E-state index contributed by atoms with van der Waals surface area (Å²) >= 11 is 0. The molecule has 2 fully saturated rings. The molecular formula is C23H23N5O3. The van der Waals surface area contributed by atoms with Gasteiger partial charge in [-0.05, 0) is 17.7 Å². The molecule has 2 saturated heterocycles. The summed E-state index contributed by atoms with van der Waals surface area (Å²) in [5, 5.41) is 7.97. The van der Waals surface area contributed by atoms with Crippen LogP contribution >= 0.6 is 0 Å². The Kier molecular flexibility index (Phi) is 4.75. The van der Waals surface area contributed by atoms with E-state index in [0.717, 1.165) is 40.9 Å². The van der Waals surface area contributed by atoms with Gasteiger partial charge in [-0.3, -0.25) is 5.10 Å². The second kappa shape index (κ2) is 7.88. The van der Waals surface area contributed by atoms with Crippen molar-refractivity contribution in [2.45, 2.75) is 18.3 Å². The van der Waals surface area contributed by atoms with Crippen molar-refractivity contribution in [3.8, 4) is 11.1 Å². The minimum Gasteiger partial charge on any atom is -0.378 e. The molecule has 1 aromatic carbocycles. The lowest BCUT2D eigenvalue weighted by Crippen LogP contribution is -2.40. The first-order valence-electron chi connectivity index (χ1n) is 10.6. The quantitative estimate of drug-likeness (QED) is 0.701. The molecule has 0 amide bonds. The molecule has 1 N–H and O–H groups in total. The lowest BCUT2D eigenvalue weighted by Gasteiger charge is -2.35. The second-order valence-electron chi connectivity index (χ2n) is 7.88. The van der Waals surface area contributed by atoms with E-state index in [1.165, 1.54) is 0 Å². The molecular weight excluding hydrogens is 394 g/mol. The van der Waals surface area contributed by atoms with Gasteiger partial charge in [-0.1, -0.05) is 30.4 Å². The summed E-state index contributed by atoms with van der Waals surface area (Å²) in [5.41, 5.74) is 3.00. The number of hydrogen-bond acceptors (Lipinski definition) is 7. The van der Waals surface area contributed by atoms with Gasteiger partial charge < -0.3 is 19.1 Å². The Hall–Kier alpha value is -3.07. The van der Waals surface area contributed by atoms with E-state index in [4.69, 9.17) is 24.2 Å². The molecule has 3 aromatic rings. The van der Waals surface area contributed by atoms with Crippen LogP contribution in [0.1, 0.15) is 11.9 Å². The number of anilines is 1. The van der Waals surface area contributed by atoms with E-state index in [1.54, 1.807) is 0 Å². The van der Waals surface area contributed by atoms with Gasteiger partial charge in [0, 0.05) is 30.2 Å². The van der Waals surface area contributed by atoms with E-state index in [1.807, 2.05) is 42.8 Å². The molecule has 8 nitrogen and oxygen atoms in total. The molecule has 0 bridgehead atoms. The molecule has 0 spiro atoms. The molecule has 8 heteroatoms. The predicted molar refractivity (Wildman–Crippen MR) is 116 cm³/mol. The van der Waals surface area contributed by atoms with Crippen molar-refractivity contribution in [3.05, 3.63) is 60.7 Å². The van der Waals surface area contributed by atoms with Crippen molar-refractivity contribution < 1.29 is 14.2 Å². The van der Waals surface area contributed by atoms with E-state index >= 15 is 0 Å². The number of ether oxygens (including phenoxy) is 3. The van der Waals surface area contributed by atoms with Crippen LogP contribution in [0.3, 0.4) is 0 Å². The number of H-pyrrole nitrogens is 1. The fourth-order valence-corrected chi connectivity index (χ4v) is 4.28. The zero-order valence-electron chi connectivity index (χ0n) is 17.0. The Morgan fingerprint density at radius 3 is 2.71 bits per heavy atom. The van der Waals surface area contributed by atoms with E-state index in [2.05, 4.69) is 27.2 Å². The number of nitrogens with one attached hydrogen (secondary N) is 1. The molecule has 3 aliphatic rings. The van der Waals surface area contributed by atoms with Gasteiger partial charge in [-0.15, -0.1) is 0 Å². The molecule has 4 heterocycles. The number of aromatic nitrogens is 4. The fourth-order valence-electron chi connectivity index (χ4n) is 4.28. The number of benzene rings is 1. The van der Waals surface area contributed by atoms with Gasteiger partial charge in [-0.25, -0.2) is 9.97 Å².